The quantitative estimate of drug-likeness (QED) is 0.758. The van der Waals surface area contributed by atoms with E-state index in [1.807, 2.05) is 46.0 Å². The molecule has 114 valence electrons. The number of para-hydroxylation sites is 1. The molecule has 4 nitrogen and oxygen atoms in total. The molecule has 0 radical (unpaired) electrons. The maximum atomic E-state index is 11.7. The van der Waals surface area contributed by atoms with Gasteiger partial charge in [-0.2, -0.15) is 0 Å². The normalized spacial score (nSPS) is 11.4. The fourth-order valence-corrected chi connectivity index (χ4v) is 1.93. The van der Waals surface area contributed by atoms with Gasteiger partial charge >= 0.3 is 0 Å². The Kier molecular flexibility index (Phi) is 9.01. The van der Waals surface area contributed by atoms with Crippen LogP contribution in [0.5, 0.6) is 5.75 Å². The molecule has 0 aliphatic carbocycles. The van der Waals surface area contributed by atoms with Crippen LogP contribution in [0.25, 0.3) is 0 Å². The Labute approximate surface area is 127 Å². The summed E-state index contributed by atoms with van der Waals surface area (Å²) in [6.45, 7) is 7.65. The van der Waals surface area contributed by atoms with Crippen LogP contribution in [0.15, 0.2) is 18.2 Å². The highest BCUT2D eigenvalue weighted by Gasteiger charge is 2.10. The third-order valence-corrected chi connectivity index (χ3v) is 3.01. The second-order valence-corrected chi connectivity index (χ2v) is 4.82. The summed E-state index contributed by atoms with van der Waals surface area (Å²) in [6, 6.07) is 6.06. The highest BCUT2D eigenvalue weighted by molar-refractivity contribution is 5.85. The molecule has 1 unspecified atom stereocenters. The molecule has 0 heterocycles. The van der Waals surface area contributed by atoms with Gasteiger partial charge in [0.05, 0.1) is 6.54 Å². The van der Waals surface area contributed by atoms with Gasteiger partial charge in [-0.3, -0.25) is 4.79 Å². The Morgan fingerprint density at radius 3 is 2.45 bits per heavy atom. The molecule has 20 heavy (non-hydrogen) atoms. The number of rotatable bonds is 7. The Morgan fingerprint density at radius 2 is 1.90 bits per heavy atom. The van der Waals surface area contributed by atoms with Crippen LogP contribution in [0, 0.1) is 19.8 Å². The van der Waals surface area contributed by atoms with Gasteiger partial charge in [0.2, 0.25) is 5.91 Å². The van der Waals surface area contributed by atoms with Crippen LogP contribution < -0.4 is 15.4 Å². The van der Waals surface area contributed by atoms with Gasteiger partial charge in [-0.15, -0.1) is 12.4 Å². The van der Waals surface area contributed by atoms with Crippen molar-refractivity contribution < 1.29 is 9.53 Å². The third-order valence-electron chi connectivity index (χ3n) is 3.01. The molecular formula is C15H25ClN2O2. The van der Waals surface area contributed by atoms with Crippen LogP contribution >= 0.6 is 12.4 Å². The Balaban J connectivity index is 0.00000361. The zero-order chi connectivity index (χ0) is 14.3. The van der Waals surface area contributed by atoms with Crippen molar-refractivity contribution in [2.24, 2.45) is 5.92 Å². The molecule has 0 aromatic heterocycles. The Hall–Kier alpha value is -1.26. The SMILES string of the molecule is CNCC(C)C(=O)NCCOc1c(C)cccc1C.Cl. The van der Waals surface area contributed by atoms with Crippen molar-refractivity contribution in [3.05, 3.63) is 29.3 Å². The summed E-state index contributed by atoms with van der Waals surface area (Å²) in [4.78, 5) is 11.7. The maximum Gasteiger partial charge on any atom is 0.224 e. The molecule has 0 aliphatic heterocycles. The van der Waals surface area contributed by atoms with Gasteiger partial charge in [-0.1, -0.05) is 25.1 Å². The van der Waals surface area contributed by atoms with Gasteiger partial charge in [0.1, 0.15) is 12.4 Å². The van der Waals surface area contributed by atoms with E-state index >= 15 is 0 Å². The number of benzene rings is 1. The van der Waals surface area contributed by atoms with Crippen LogP contribution in [0.1, 0.15) is 18.1 Å². The maximum absolute atomic E-state index is 11.7. The summed E-state index contributed by atoms with van der Waals surface area (Å²) in [5.41, 5.74) is 2.24. The van der Waals surface area contributed by atoms with E-state index in [1.165, 1.54) is 0 Å². The third kappa shape index (κ3) is 5.80. The smallest absolute Gasteiger partial charge is 0.224 e. The lowest BCUT2D eigenvalue weighted by atomic mass is 10.1. The average molecular weight is 301 g/mol. The lowest BCUT2D eigenvalue weighted by Crippen LogP contribution is -2.36. The minimum Gasteiger partial charge on any atom is -0.491 e. The molecule has 0 spiro atoms. The summed E-state index contributed by atoms with van der Waals surface area (Å²) in [6.07, 6.45) is 0. The highest BCUT2D eigenvalue weighted by Crippen LogP contribution is 2.21. The van der Waals surface area contributed by atoms with E-state index in [2.05, 4.69) is 10.6 Å². The van der Waals surface area contributed by atoms with E-state index in [0.717, 1.165) is 16.9 Å². The highest BCUT2D eigenvalue weighted by atomic mass is 35.5. The summed E-state index contributed by atoms with van der Waals surface area (Å²) in [7, 11) is 1.84. The number of nitrogens with one attached hydrogen (secondary N) is 2. The van der Waals surface area contributed by atoms with Crippen LogP contribution in [0.4, 0.5) is 0 Å². The molecule has 0 bridgehead atoms. The summed E-state index contributed by atoms with van der Waals surface area (Å²) < 4.78 is 5.73. The molecule has 0 aliphatic rings. The van der Waals surface area contributed by atoms with E-state index < -0.39 is 0 Å². The zero-order valence-electron chi connectivity index (χ0n) is 12.7. The van der Waals surface area contributed by atoms with Gasteiger partial charge in [0.15, 0.2) is 0 Å². The number of ether oxygens (including phenoxy) is 1. The molecule has 1 amide bonds. The number of hydrogen-bond donors (Lipinski definition) is 2. The van der Waals surface area contributed by atoms with Crippen molar-refractivity contribution in [1.29, 1.82) is 0 Å². The largest absolute Gasteiger partial charge is 0.491 e. The summed E-state index contributed by atoms with van der Waals surface area (Å²) in [5, 5.41) is 5.86. The number of carbonyl (C=O) groups is 1. The topological polar surface area (TPSA) is 50.4 Å². The van der Waals surface area contributed by atoms with Crippen molar-refractivity contribution in [3.8, 4) is 5.75 Å². The van der Waals surface area contributed by atoms with Crippen molar-refractivity contribution in [1.82, 2.24) is 10.6 Å². The molecule has 1 aromatic rings. The van der Waals surface area contributed by atoms with Crippen LogP contribution in [-0.2, 0) is 4.79 Å². The number of hydrogen-bond acceptors (Lipinski definition) is 3. The summed E-state index contributed by atoms with van der Waals surface area (Å²) in [5.74, 6) is 0.949. The fourth-order valence-electron chi connectivity index (χ4n) is 1.93. The number of halogens is 1. The van der Waals surface area contributed by atoms with Gasteiger partial charge in [-0.05, 0) is 32.0 Å². The van der Waals surface area contributed by atoms with Crippen LogP contribution in [-0.4, -0.2) is 32.7 Å². The number of amides is 1. The van der Waals surface area contributed by atoms with Crippen molar-refractivity contribution in [3.63, 3.8) is 0 Å². The molecule has 0 saturated carbocycles. The fraction of sp³-hybridized carbons (Fsp3) is 0.533. The molecule has 1 atom stereocenters. The number of aryl methyl sites for hydroxylation is 2. The van der Waals surface area contributed by atoms with Gasteiger partial charge in [-0.25, -0.2) is 0 Å². The first-order chi connectivity index (χ1) is 9.06. The van der Waals surface area contributed by atoms with E-state index in [0.29, 0.717) is 19.7 Å². The predicted octanol–water partition coefficient (Wildman–Crippen LogP) is 2.08. The lowest BCUT2D eigenvalue weighted by Gasteiger charge is -2.14. The van der Waals surface area contributed by atoms with Crippen LogP contribution in [0.2, 0.25) is 0 Å². The van der Waals surface area contributed by atoms with Gasteiger partial charge in [0, 0.05) is 12.5 Å². The molecule has 0 fully saturated rings. The lowest BCUT2D eigenvalue weighted by molar-refractivity contribution is -0.124. The molecule has 0 saturated heterocycles. The molecule has 1 rings (SSSR count). The minimum atomic E-state index is -0.0230. The van der Waals surface area contributed by atoms with E-state index in [9.17, 15) is 4.79 Å². The molecule has 2 N–H and O–H groups in total. The second kappa shape index (κ2) is 9.61. The first kappa shape index (κ1) is 18.7. The Bertz CT molecular complexity index is 404. The monoisotopic (exact) mass is 300 g/mol. The van der Waals surface area contributed by atoms with Crippen molar-refractivity contribution >= 4 is 18.3 Å². The molecule has 5 heteroatoms. The zero-order valence-corrected chi connectivity index (χ0v) is 13.5. The minimum absolute atomic E-state index is 0. The van der Waals surface area contributed by atoms with E-state index in [-0.39, 0.29) is 24.2 Å². The second-order valence-electron chi connectivity index (χ2n) is 4.82. The van der Waals surface area contributed by atoms with E-state index in [1.54, 1.807) is 0 Å². The first-order valence-electron chi connectivity index (χ1n) is 6.67. The Morgan fingerprint density at radius 1 is 1.30 bits per heavy atom. The van der Waals surface area contributed by atoms with Gasteiger partial charge < -0.3 is 15.4 Å². The van der Waals surface area contributed by atoms with Crippen LogP contribution in [0.3, 0.4) is 0 Å². The molecule has 1 aromatic carbocycles. The predicted molar refractivity (Wildman–Crippen MR) is 84.8 cm³/mol. The van der Waals surface area contributed by atoms with Crippen molar-refractivity contribution in [2.45, 2.75) is 20.8 Å². The standard InChI is InChI=1S/C15H24N2O2.ClH/c1-11-6-5-7-12(2)14(11)19-9-8-17-15(18)13(3)10-16-4;/h5-7,13,16H,8-10H2,1-4H3,(H,17,18);1H. The van der Waals surface area contributed by atoms with Crippen molar-refractivity contribution in [2.75, 3.05) is 26.7 Å². The number of carbonyl (C=O) groups excluding carboxylic acids is 1. The van der Waals surface area contributed by atoms with E-state index in [4.69, 9.17) is 4.74 Å². The molecular weight excluding hydrogens is 276 g/mol. The van der Waals surface area contributed by atoms with Gasteiger partial charge in [0.25, 0.3) is 0 Å². The summed E-state index contributed by atoms with van der Waals surface area (Å²) >= 11 is 0. The average Bonchev–Trinajstić information content (AvgIpc) is 2.37. The first-order valence-corrected chi connectivity index (χ1v) is 6.67.